The number of hydrogen-bond acceptors (Lipinski definition) is 4. The molecular formula is C11H14N2O3. The highest BCUT2D eigenvalue weighted by Crippen LogP contribution is 2.30. The summed E-state index contributed by atoms with van der Waals surface area (Å²) in [5, 5.41) is 10.4. The first-order valence-electron chi connectivity index (χ1n) is 5.30. The van der Waals surface area contributed by atoms with Gasteiger partial charge in [0.15, 0.2) is 0 Å². The Labute approximate surface area is 93.4 Å². The minimum Gasteiger partial charge on any atom is -0.490 e. The number of ether oxygens (including phenoxy) is 1. The Bertz CT molecular complexity index is 371. The molecule has 0 unspecified atom stereocenters. The second-order valence-corrected chi connectivity index (χ2v) is 4.06. The van der Waals surface area contributed by atoms with Crippen molar-refractivity contribution in [3.63, 3.8) is 0 Å². The smallest absolute Gasteiger partial charge is 0.269 e. The molecule has 2 rings (SSSR count). The molecule has 0 spiro atoms. The highest BCUT2D eigenvalue weighted by Gasteiger charge is 2.29. The van der Waals surface area contributed by atoms with Gasteiger partial charge in [0.25, 0.3) is 5.69 Å². The van der Waals surface area contributed by atoms with Gasteiger partial charge in [0.1, 0.15) is 5.75 Å². The summed E-state index contributed by atoms with van der Waals surface area (Å²) in [7, 11) is 0. The third-order valence-corrected chi connectivity index (χ3v) is 2.88. The van der Waals surface area contributed by atoms with Gasteiger partial charge >= 0.3 is 0 Å². The first-order chi connectivity index (χ1) is 7.69. The molecule has 0 amide bonds. The van der Waals surface area contributed by atoms with Gasteiger partial charge in [0, 0.05) is 12.1 Å². The first-order valence-corrected chi connectivity index (χ1v) is 5.30. The zero-order valence-corrected chi connectivity index (χ0v) is 8.83. The minimum absolute atomic E-state index is 0.0841. The minimum atomic E-state index is -0.419. The van der Waals surface area contributed by atoms with Gasteiger partial charge in [-0.15, -0.1) is 0 Å². The molecule has 1 aromatic carbocycles. The van der Waals surface area contributed by atoms with Crippen molar-refractivity contribution in [2.45, 2.75) is 18.9 Å². The maximum atomic E-state index is 10.4. The average molecular weight is 222 g/mol. The summed E-state index contributed by atoms with van der Waals surface area (Å²) in [5.74, 6) is 1.26. The van der Waals surface area contributed by atoms with Crippen LogP contribution in [-0.2, 0) is 0 Å². The van der Waals surface area contributed by atoms with Gasteiger partial charge in [-0.2, -0.15) is 0 Å². The van der Waals surface area contributed by atoms with E-state index in [9.17, 15) is 10.1 Å². The number of nitro groups is 1. The van der Waals surface area contributed by atoms with E-state index in [0.717, 1.165) is 12.8 Å². The van der Waals surface area contributed by atoms with Crippen LogP contribution in [0.3, 0.4) is 0 Å². The zero-order chi connectivity index (χ0) is 11.5. The summed E-state index contributed by atoms with van der Waals surface area (Å²) in [6, 6.07) is 6.17. The van der Waals surface area contributed by atoms with Crippen LogP contribution < -0.4 is 10.5 Å². The van der Waals surface area contributed by atoms with Gasteiger partial charge in [0.2, 0.25) is 0 Å². The maximum absolute atomic E-state index is 10.4. The third-order valence-electron chi connectivity index (χ3n) is 2.88. The highest BCUT2D eigenvalue weighted by atomic mass is 16.6. The third kappa shape index (κ3) is 2.30. The van der Waals surface area contributed by atoms with E-state index in [-0.39, 0.29) is 11.8 Å². The number of nitrogens with zero attached hydrogens (tertiary/aromatic N) is 1. The van der Waals surface area contributed by atoms with Gasteiger partial charge in [-0.3, -0.25) is 10.1 Å². The van der Waals surface area contributed by atoms with Crippen LogP contribution in [0.25, 0.3) is 0 Å². The van der Waals surface area contributed by atoms with Gasteiger partial charge < -0.3 is 10.5 Å². The molecule has 0 aliphatic heterocycles. The molecule has 0 radical (unpaired) electrons. The second kappa shape index (κ2) is 4.49. The van der Waals surface area contributed by atoms with Crippen LogP contribution in [-0.4, -0.2) is 17.6 Å². The molecule has 2 N–H and O–H groups in total. The lowest BCUT2D eigenvalue weighted by atomic mass is 9.82. The number of benzene rings is 1. The van der Waals surface area contributed by atoms with E-state index in [1.165, 1.54) is 12.1 Å². The lowest BCUT2D eigenvalue weighted by Crippen LogP contribution is -2.37. The number of non-ortho nitro benzene ring substituents is 1. The summed E-state index contributed by atoms with van der Waals surface area (Å²) in [5.41, 5.74) is 5.60. The van der Waals surface area contributed by atoms with E-state index < -0.39 is 4.92 Å². The second-order valence-electron chi connectivity index (χ2n) is 4.06. The van der Waals surface area contributed by atoms with Crippen LogP contribution in [0.1, 0.15) is 12.8 Å². The van der Waals surface area contributed by atoms with Crippen LogP contribution in [0, 0.1) is 16.0 Å². The summed E-state index contributed by atoms with van der Waals surface area (Å²) < 4.78 is 5.64. The molecule has 1 fully saturated rings. The molecule has 0 heterocycles. The molecule has 86 valence electrons. The van der Waals surface area contributed by atoms with Crippen LogP contribution in [0.5, 0.6) is 5.75 Å². The molecule has 5 heteroatoms. The van der Waals surface area contributed by atoms with E-state index >= 15 is 0 Å². The van der Waals surface area contributed by atoms with Crippen molar-refractivity contribution in [1.29, 1.82) is 0 Å². The Balaban J connectivity index is 1.89. The molecule has 16 heavy (non-hydrogen) atoms. The molecule has 1 aliphatic rings. The normalized spacial score (nSPS) is 23.6. The summed E-state index contributed by atoms with van der Waals surface area (Å²) >= 11 is 0. The number of rotatable bonds is 4. The summed E-state index contributed by atoms with van der Waals surface area (Å²) in [6.45, 7) is 0.708. The molecule has 1 aliphatic carbocycles. The molecule has 0 aromatic heterocycles. The molecule has 1 aromatic rings. The predicted octanol–water partition coefficient (Wildman–Crippen LogP) is 1.71. The van der Waals surface area contributed by atoms with Crippen LogP contribution in [0.15, 0.2) is 24.3 Å². The number of nitro benzene ring substituents is 1. The first kappa shape index (κ1) is 10.9. The fourth-order valence-electron chi connectivity index (χ4n) is 1.80. The SMILES string of the molecule is NCC1CC(Oc2ccc([N+](=O)[O-])cc2)C1. The fraction of sp³-hybridized carbons (Fsp3) is 0.455. The predicted molar refractivity (Wildman–Crippen MR) is 59.3 cm³/mol. The molecule has 1 saturated carbocycles. The van der Waals surface area contributed by atoms with E-state index in [2.05, 4.69) is 0 Å². The van der Waals surface area contributed by atoms with Crippen molar-refractivity contribution in [3.05, 3.63) is 34.4 Å². The Morgan fingerprint density at radius 1 is 1.38 bits per heavy atom. The standard InChI is InChI=1S/C11H14N2O3/c12-7-8-5-11(6-8)16-10-3-1-9(2-4-10)13(14)15/h1-4,8,11H,5-7,12H2. The quantitative estimate of drug-likeness (QED) is 0.621. The highest BCUT2D eigenvalue weighted by molar-refractivity contribution is 5.36. The van der Waals surface area contributed by atoms with Crippen LogP contribution in [0.2, 0.25) is 0 Å². The molecule has 0 saturated heterocycles. The molecule has 0 atom stereocenters. The Kier molecular flexibility index (Phi) is 3.05. The average Bonchev–Trinajstić information content (AvgIpc) is 2.23. The van der Waals surface area contributed by atoms with Crippen molar-refractivity contribution in [1.82, 2.24) is 0 Å². The van der Waals surface area contributed by atoms with Gasteiger partial charge in [-0.05, 0) is 37.4 Å². The van der Waals surface area contributed by atoms with Gasteiger partial charge in [-0.25, -0.2) is 0 Å². The lowest BCUT2D eigenvalue weighted by Gasteiger charge is -2.34. The van der Waals surface area contributed by atoms with E-state index in [4.69, 9.17) is 10.5 Å². The largest absolute Gasteiger partial charge is 0.490 e. The van der Waals surface area contributed by atoms with Crippen molar-refractivity contribution in [3.8, 4) is 5.75 Å². The topological polar surface area (TPSA) is 78.4 Å². The summed E-state index contributed by atoms with van der Waals surface area (Å²) in [6.07, 6.45) is 2.18. The monoisotopic (exact) mass is 222 g/mol. The van der Waals surface area contributed by atoms with Crippen molar-refractivity contribution in [2.24, 2.45) is 11.7 Å². The molecular weight excluding hydrogens is 208 g/mol. The molecule has 0 bridgehead atoms. The van der Waals surface area contributed by atoms with E-state index in [1.807, 2.05) is 0 Å². The Morgan fingerprint density at radius 3 is 2.50 bits per heavy atom. The van der Waals surface area contributed by atoms with E-state index in [1.54, 1.807) is 12.1 Å². The number of nitrogens with two attached hydrogens (primary N) is 1. The van der Waals surface area contributed by atoms with Crippen molar-refractivity contribution < 1.29 is 9.66 Å². The molecule has 5 nitrogen and oxygen atoms in total. The van der Waals surface area contributed by atoms with Crippen LogP contribution >= 0.6 is 0 Å². The van der Waals surface area contributed by atoms with Gasteiger partial charge in [0.05, 0.1) is 11.0 Å². The Hall–Kier alpha value is -1.62. The van der Waals surface area contributed by atoms with Crippen molar-refractivity contribution >= 4 is 5.69 Å². The Morgan fingerprint density at radius 2 is 2.00 bits per heavy atom. The summed E-state index contributed by atoms with van der Waals surface area (Å²) in [4.78, 5) is 10.0. The maximum Gasteiger partial charge on any atom is 0.269 e. The number of hydrogen-bond donors (Lipinski definition) is 1. The lowest BCUT2D eigenvalue weighted by molar-refractivity contribution is -0.384. The van der Waals surface area contributed by atoms with E-state index in [0.29, 0.717) is 18.2 Å². The zero-order valence-electron chi connectivity index (χ0n) is 8.83. The van der Waals surface area contributed by atoms with Crippen LogP contribution in [0.4, 0.5) is 5.69 Å². The fourth-order valence-corrected chi connectivity index (χ4v) is 1.80. The van der Waals surface area contributed by atoms with Crippen molar-refractivity contribution in [2.75, 3.05) is 6.54 Å². The van der Waals surface area contributed by atoms with Gasteiger partial charge in [-0.1, -0.05) is 0 Å².